The molecule has 1 atom stereocenters. The van der Waals surface area contributed by atoms with Gasteiger partial charge in [-0.1, -0.05) is 24.2 Å². The number of hydrogen-bond donors (Lipinski definition) is 1. The fourth-order valence-electron chi connectivity index (χ4n) is 2.25. The summed E-state index contributed by atoms with van der Waals surface area (Å²) in [7, 11) is -7.09. The van der Waals surface area contributed by atoms with E-state index in [0.717, 1.165) is 5.41 Å². The van der Waals surface area contributed by atoms with Crippen molar-refractivity contribution in [1.29, 1.82) is 0 Å². The Hall–Kier alpha value is -0.930. The minimum absolute atomic E-state index is 0.0660. The highest BCUT2D eigenvalue weighted by Gasteiger charge is 2.32. The molecule has 0 spiro atoms. The van der Waals surface area contributed by atoms with Gasteiger partial charge in [0.15, 0.2) is 0 Å². The van der Waals surface area contributed by atoms with E-state index in [2.05, 4.69) is 11.3 Å². The third-order valence-electron chi connectivity index (χ3n) is 3.48. The monoisotopic (exact) mass is 364 g/mol. The van der Waals surface area contributed by atoms with Crippen molar-refractivity contribution in [2.24, 2.45) is 5.92 Å². The molecule has 1 aromatic carbocycles. The van der Waals surface area contributed by atoms with Gasteiger partial charge < -0.3 is 0 Å². The molecule has 1 N–H and O–H groups in total. The molecule has 0 saturated carbocycles. The van der Waals surface area contributed by atoms with Crippen molar-refractivity contribution < 1.29 is 16.8 Å². The van der Waals surface area contributed by atoms with E-state index in [4.69, 9.17) is 11.6 Å². The highest BCUT2D eigenvalue weighted by Crippen LogP contribution is 2.25. The quantitative estimate of drug-likeness (QED) is 0.827. The van der Waals surface area contributed by atoms with Crippen molar-refractivity contribution in [3.8, 4) is 0 Å². The predicted octanol–water partition coefficient (Wildman–Crippen LogP) is 1.41. The number of benzene rings is 1. The molecule has 2 rings (SSSR count). The molecule has 122 valence electrons. The zero-order valence-electron chi connectivity index (χ0n) is 11.8. The summed E-state index contributed by atoms with van der Waals surface area (Å²) < 4.78 is 51.4. The summed E-state index contributed by atoms with van der Waals surface area (Å²) in [5.74, 6) is -0.0660. The van der Waals surface area contributed by atoms with Gasteiger partial charge in [0.2, 0.25) is 20.0 Å². The first-order valence-corrected chi connectivity index (χ1v) is 9.99. The van der Waals surface area contributed by atoms with Crippen LogP contribution >= 0.6 is 11.6 Å². The molecule has 9 heteroatoms. The summed E-state index contributed by atoms with van der Waals surface area (Å²) >= 11 is 5.83. The molecule has 6 nitrogen and oxygen atoms in total. The Balaban J connectivity index is 2.05. The molecule has 1 aliphatic heterocycles. The van der Waals surface area contributed by atoms with Crippen molar-refractivity contribution in [2.75, 3.05) is 19.6 Å². The Kier molecular flexibility index (Phi) is 5.29. The molecule has 1 saturated heterocycles. The standard InChI is InChI=1S/C13H17ClN2O4S2/c1-2-21(17,18)15-9-11-6-7-16(10-11)22(19,20)13-5-3-4-12(14)8-13/h2-5,8,11,15H,1,6-7,9-10H2/t11-/m1/s1. The van der Waals surface area contributed by atoms with Crippen LogP contribution in [-0.2, 0) is 20.0 Å². The fraction of sp³-hybridized carbons (Fsp3) is 0.385. The minimum Gasteiger partial charge on any atom is -0.211 e. The summed E-state index contributed by atoms with van der Waals surface area (Å²) in [6.07, 6.45) is 0.597. The largest absolute Gasteiger partial charge is 0.243 e. The van der Waals surface area contributed by atoms with E-state index in [9.17, 15) is 16.8 Å². The lowest BCUT2D eigenvalue weighted by Gasteiger charge is -2.17. The average molecular weight is 365 g/mol. The molecule has 0 aromatic heterocycles. The van der Waals surface area contributed by atoms with Crippen LogP contribution in [0.4, 0.5) is 0 Å². The van der Waals surface area contributed by atoms with Gasteiger partial charge in [-0.05, 0) is 30.5 Å². The van der Waals surface area contributed by atoms with E-state index < -0.39 is 20.0 Å². The highest BCUT2D eigenvalue weighted by atomic mass is 35.5. The van der Waals surface area contributed by atoms with Crippen LogP contribution in [0.5, 0.6) is 0 Å². The Morgan fingerprint density at radius 1 is 1.36 bits per heavy atom. The van der Waals surface area contributed by atoms with E-state index in [0.29, 0.717) is 18.0 Å². The zero-order chi connectivity index (χ0) is 16.4. The van der Waals surface area contributed by atoms with Gasteiger partial charge in [0, 0.05) is 30.1 Å². The summed E-state index contributed by atoms with van der Waals surface area (Å²) in [6, 6.07) is 6.10. The van der Waals surface area contributed by atoms with Gasteiger partial charge in [-0.3, -0.25) is 0 Å². The molecule has 1 aliphatic rings. The van der Waals surface area contributed by atoms with Gasteiger partial charge in [0.05, 0.1) is 4.90 Å². The molecule has 0 aliphatic carbocycles. The first kappa shape index (κ1) is 17.4. The van der Waals surface area contributed by atoms with Crippen molar-refractivity contribution in [2.45, 2.75) is 11.3 Å². The van der Waals surface area contributed by atoms with Crippen LogP contribution in [0.15, 0.2) is 41.1 Å². The Labute approximate surface area is 135 Å². The molecule has 22 heavy (non-hydrogen) atoms. The van der Waals surface area contributed by atoms with E-state index >= 15 is 0 Å². The number of hydrogen-bond acceptors (Lipinski definition) is 4. The van der Waals surface area contributed by atoms with Crippen LogP contribution < -0.4 is 4.72 Å². The van der Waals surface area contributed by atoms with Gasteiger partial charge in [0.25, 0.3) is 0 Å². The predicted molar refractivity (Wildman–Crippen MR) is 85.4 cm³/mol. The van der Waals surface area contributed by atoms with Crippen molar-refractivity contribution in [3.63, 3.8) is 0 Å². The molecule has 1 aromatic rings. The second-order valence-electron chi connectivity index (χ2n) is 5.04. The first-order valence-electron chi connectivity index (χ1n) is 6.62. The first-order chi connectivity index (χ1) is 10.2. The molecule has 0 bridgehead atoms. The lowest BCUT2D eigenvalue weighted by Crippen LogP contribution is -2.32. The second kappa shape index (κ2) is 6.67. The van der Waals surface area contributed by atoms with E-state index in [1.54, 1.807) is 12.1 Å². The van der Waals surface area contributed by atoms with E-state index in [-0.39, 0.29) is 23.9 Å². The van der Waals surface area contributed by atoms with Gasteiger partial charge in [0.1, 0.15) is 0 Å². The SMILES string of the molecule is C=CS(=O)(=O)NC[C@H]1CCN(S(=O)(=O)c2cccc(Cl)c2)C1. The average Bonchev–Trinajstić information content (AvgIpc) is 2.95. The van der Waals surface area contributed by atoms with Crippen LogP contribution in [0.2, 0.25) is 5.02 Å². The Morgan fingerprint density at radius 3 is 2.73 bits per heavy atom. The molecule has 0 amide bonds. The van der Waals surface area contributed by atoms with Crippen LogP contribution in [0.1, 0.15) is 6.42 Å². The van der Waals surface area contributed by atoms with Gasteiger partial charge in [-0.25, -0.2) is 21.6 Å². The van der Waals surface area contributed by atoms with Crippen LogP contribution in [0, 0.1) is 5.92 Å². The normalized spacial score (nSPS) is 20.1. The summed E-state index contributed by atoms with van der Waals surface area (Å²) in [6.45, 7) is 4.03. The van der Waals surface area contributed by atoms with Crippen molar-refractivity contribution in [1.82, 2.24) is 9.03 Å². The van der Waals surface area contributed by atoms with Crippen LogP contribution in [0.3, 0.4) is 0 Å². The lowest BCUT2D eigenvalue weighted by molar-refractivity contribution is 0.455. The fourth-order valence-corrected chi connectivity index (χ4v) is 4.67. The maximum absolute atomic E-state index is 12.5. The Bertz CT molecular complexity index is 762. The molecule has 0 unspecified atom stereocenters. The molecule has 0 radical (unpaired) electrons. The van der Waals surface area contributed by atoms with Crippen molar-refractivity contribution in [3.05, 3.63) is 41.3 Å². The zero-order valence-corrected chi connectivity index (χ0v) is 14.2. The Morgan fingerprint density at radius 2 is 2.09 bits per heavy atom. The second-order valence-corrected chi connectivity index (χ2v) is 9.12. The van der Waals surface area contributed by atoms with Crippen LogP contribution in [-0.4, -0.2) is 40.8 Å². The maximum atomic E-state index is 12.5. The highest BCUT2D eigenvalue weighted by molar-refractivity contribution is 7.92. The smallest absolute Gasteiger partial charge is 0.211 e. The molecular weight excluding hydrogens is 348 g/mol. The third-order valence-corrected chi connectivity index (χ3v) is 6.58. The van der Waals surface area contributed by atoms with Gasteiger partial charge >= 0.3 is 0 Å². The van der Waals surface area contributed by atoms with E-state index in [1.807, 2.05) is 0 Å². The maximum Gasteiger partial charge on any atom is 0.243 e. The number of halogens is 1. The molecule has 1 fully saturated rings. The van der Waals surface area contributed by atoms with Gasteiger partial charge in [-0.2, -0.15) is 4.31 Å². The third kappa shape index (κ3) is 4.08. The number of sulfonamides is 2. The van der Waals surface area contributed by atoms with Crippen LogP contribution in [0.25, 0.3) is 0 Å². The number of rotatable bonds is 6. The van der Waals surface area contributed by atoms with Gasteiger partial charge in [-0.15, -0.1) is 0 Å². The lowest BCUT2D eigenvalue weighted by atomic mass is 10.1. The van der Waals surface area contributed by atoms with E-state index in [1.165, 1.54) is 16.4 Å². The topological polar surface area (TPSA) is 83.6 Å². The summed E-state index contributed by atoms with van der Waals surface area (Å²) in [4.78, 5) is 0.146. The number of nitrogens with zero attached hydrogens (tertiary/aromatic N) is 1. The van der Waals surface area contributed by atoms with Crippen molar-refractivity contribution >= 4 is 31.6 Å². The summed E-state index contributed by atoms with van der Waals surface area (Å²) in [5.41, 5.74) is 0. The number of nitrogens with one attached hydrogen (secondary N) is 1. The minimum atomic E-state index is -3.60. The molecule has 1 heterocycles. The molecular formula is C13H17ClN2O4S2. The summed E-state index contributed by atoms with van der Waals surface area (Å²) in [5, 5.41) is 1.19.